The molecule has 0 saturated heterocycles. The summed E-state index contributed by atoms with van der Waals surface area (Å²) in [6, 6.07) is 5.33. The van der Waals surface area contributed by atoms with E-state index in [0.717, 1.165) is 16.8 Å². The van der Waals surface area contributed by atoms with E-state index in [4.69, 9.17) is 5.11 Å². The van der Waals surface area contributed by atoms with Gasteiger partial charge in [-0.1, -0.05) is 6.07 Å². The third-order valence-corrected chi connectivity index (χ3v) is 3.77. The monoisotopic (exact) mass is 344 g/mol. The average Bonchev–Trinajstić information content (AvgIpc) is 2.91. The molecule has 2 amide bonds. The molecule has 0 aliphatic heterocycles. The van der Waals surface area contributed by atoms with Crippen molar-refractivity contribution in [2.75, 3.05) is 5.32 Å². The van der Waals surface area contributed by atoms with Gasteiger partial charge in [-0.05, 0) is 57.4 Å². The zero-order chi connectivity index (χ0) is 18.6. The molecule has 0 atom stereocenters. The predicted octanol–water partition coefficient (Wildman–Crippen LogP) is 3.25. The lowest BCUT2D eigenvalue weighted by molar-refractivity contribution is -0.137. The first-order valence-corrected chi connectivity index (χ1v) is 8.09. The van der Waals surface area contributed by atoms with Gasteiger partial charge in [0.05, 0.1) is 17.6 Å². The highest BCUT2D eigenvalue weighted by Gasteiger charge is 2.22. The summed E-state index contributed by atoms with van der Waals surface area (Å²) >= 11 is 0. The first-order chi connectivity index (χ1) is 11.7. The van der Waals surface area contributed by atoms with E-state index < -0.39 is 11.5 Å². The van der Waals surface area contributed by atoms with Crippen molar-refractivity contribution in [1.82, 2.24) is 15.1 Å². The summed E-state index contributed by atoms with van der Waals surface area (Å²) in [7, 11) is 0. The summed E-state index contributed by atoms with van der Waals surface area (Å²) in [4.78, 5) is 23.1. The molecular weight excluding hydrogens is 320 g/mol. The molecule has 2 aromatic rings. The van der Waals surface area contributed by atoms with Crippen molar-refractivity contribution in [2.24, 2.45) is 0 Å². The Bertz CT molecular complexity index is 780. The summed E-state index contributed by atoms with van der Waals surface area (Å²) in [6.07, 6.45) is 3.97. The average molecular weight is 344 g/mol. The van der Waals surface area contributed by atoms with Crippen LogP contribution in [0.1, 0.15) is 37.8 Å². The van der Waals surface area contributed by atoms with Crippen LogP contribution >= 0.6 is 0 Å². The topological polar surface area (TPSA) is 96.3 Å². The van der Waals surface area contributed by atoms with Crippen molar-refractivity contribution >= 4 is 17.7 Å². The van der Waals surface area contributed by atoms with Crippen LogP contribution in [0.5, 0.6) is 0 Å². The Balaban J connectivity index is 2.15. The van der Waals surface area contributed by atoms with E-state index >= 15 is 0 Å². The molecule has 0 bridgehead atoms. The Morgan fingerprint density at radius 2 is 1.96 bits per heavy atom. The number of rotatable bonds is 6. The maximum absolute atomic E-state index is 12.4. The summed E-state index contributed by atoms with van der Waals surface area (Å²) in [5.41, 5.74) is 2.79. The Hall–Kier alpha value is -2.83. The predicted molar refractivity (Wildman–Crippen MR) is 96.1 cm³/mol. The molecule has 0 fully saturated rings. The van der Waals surface area contributed by atoms with E-state index in [9.17, 15) is 9.59 Å². The van der Waals surface area contributed by atoms with Crippen molar-refractivity contribution in [2.45, 2.75) is 46.1 Å². The van der Waals surface area contributed by atoms with Gasteiger partial charge in [0.1, 0.15) is 0 Å². The van der Waals surface area contributed by atoms with Crippen molar-refractivity contribution < 1.29 is 14.7 Å². The van der Waals surface area contributed by atoms with Crippen molar-refractivity contribution in [3.63, 3.8) is 0 Å². The molecule has 134 valence electrons. The molecule has 25 heavy (non-hydrogen) atoms. The van der Waals surface area contributed by atoms with Gasteiger partial charge in [0, 0.05) is 18.2 Å². The fourth-order valence-electron chi connectivity index (χ4n) is 2.44. The van der Waals surface area contributed by atoms with Crippen LogP contribution in [0.25, 0.3) is 5.69 Å². The van der Waals surface area contributed by atoms with Crippen LogP contribution < -0.4 is 10.6 Å². The molecule has 2 rings (SSSR count). The van der Waals surface area contributed by atoms with Crippen LogP contribution in [0, 0.1) is 13.8 Å². The summed E-state index contributed by atoms with van der Waals surface area (Å²) in [5.74, 6) is -0.884. The number of carboxylic acid groups (broad SMARTS) is 1. The minimum Gasteiger partial charge on any atom is -0.481 e. The number of aromatic nitrogens is 2. The van der Waals surface area contributed by atoms with E-state index in [-0.39, 0.29) is 12.5 Å². The second-order valence-electron chi connectivity index (χ2n) is 6.84. The van der Waals surface area contributed by atoms with Gasteiger partial charge in [-0.15, -0.1) is 0 Å². The molecule has 3 N–H and O–H groups in total. The quantitative estimate of drug-likeness (QED) is 0.749. The zero-order valence-electron chi connectivity index (χ0n) is 15.0. The molecular formula is C18H24N4O3. The molecule has 0 saturated carbocycles. The number of benzene rings is 1. The van der Waals surface area contributed by atoms with Gasteiger partial charge in [0.25, 0.3) is 0 Å². The number of urea groups is 1. The number of nitrogens with one attached hydrogen (secondary N) is 2. The van der Waals surface area contributed by atoms with Gasteiger partial charge in [-0.3, -0.25) is 4.79 Å². The molecule has 0 unspecified atom stereocenters. The molecule has 7 heteroatoms. The highest BCUT2D eigenvalue weighted by atomic mass is 16.4. The number of hydrogen-bond acceptors (Lipinski definition) is 3. The maximum atomic E-state index is 12.4. The number of anilines is 1. The van der Waals surface area contributed by atoms with Gasteiger partial charge < -0.3 is 15.7 Å². The van der Waals surface area contributed by atoms with Gasteiger partial charge >= 0.3 is 12.0 Å². The number of carbonyl (C=O) groups excluding carboxylic acids is 1. The standard InChI is InChI=1S/C18H24N4O3/c1-12-5-6-15(22-11-13(2)10-19-22)14(9-12)20-17(25)21-18(3,4)8-7-16(23)24/h5-6,9-11H,7-8H2,1-4H3,(H,23,24)(H2,20,21,25). The highest BCUT2D eigenvalue weighted by Crippen LogP contribution is 2.22. The molecule has 7 nitrogen and oxygen atoms in total. The fourth-order valence-corrected chi connectivity index (χ4v) is 2.44. The van der Waals surface area contributed by atoms with Crippen LogP contribution in [-0.4, -0.2) is 32.4 Å². The SMILES string of the molecule is Cc1ccc(-n2cc(C)cn2)c(NC(=O)NC(C)(C)CCC(=O)O)c1. The minimum absolute atomic E-state index is 0.00443. The second kappa shape index (κ2) is 7.38. The van der Waals surface area contributed by atoms with Gasteiger partial charge in [0.15, 0.2) is 0 Å². The number of amides is 2. The molecule has 1 heterocycles. The van der Waals surface area contributed by atoms with Crippen molar-refractivity contribution in [1.29, 1.82) is 0 Å². The van der Waals surface area contributed by atoms with Crippen LogP contribution in [0.15, 0.2) is 30.6 Å². The molecule has 0 spiro atoms. The Morgan fingerprint density at radius 3 is 2.56 bits per heavy atom. The lowest BCUT2D eigenvalue weighted by Gasteiger charge is -2.26. The number of carboxylic acids is 1. The van der Waals surface area contributed by atoms with E-state index in [1.54, 1.807) is 24.7 Å². The first-order valence-electron chi connectivity index (χ1n) is 8.09. The van der Waals surface area contributed by atoms with Crippen LogP contribution in [0.4, 0.5) is 10.5 Å². The fraction of sp³-hybridized carbons (Fsp3) is 0.389. The first kappa shape index (κ1) is 18.5. The van der Waals surface area contributed by atoms with Gasteiger partial charge in [-0.25, -0.2) is 9.48 Å². The molecule has 0 radical (unpaired) electrons. The number of hydrogen-bond donors (Lipinski definition) is 3. The molecule has 1 aromatic heterocycles. The van der Waals surface area contributed by atoms with E-state index in [2.05, 4.69) is 15.7 Å². The second-order valence-corrected chi connectivity index (χ2v) is 6.84. The van der Waals surface area contributed by atoms with E-state index in [1.807, 2.05) is 38.2 Å². The van der Waals surface area contributed by atoms with Gasteiger partial charge in [-0.2, -0.15) is 5.10 Å². The third kappa shape index (κ3) is 5.34. The molecule has 0 aliphatic carbocycles. The highest BCUT2D eigenvalue weighted by molar-refractivity contribution is 5.92. The zero-order valence-corrected chi connectivity index (χ0v) is 15.0. The van der Waals surface area contributed by atoms with E-state index in [0.29, 0.717) is 12.1 Å². The normalized spacial score (nSPS) is 11.2. The maximum Gasteiger partial charge on any atom is 0.319 e. The van der Waals surface area contributed by atoms with Gasteiger partial charge in [0.2, 0.25) is 0 Å². The Morgan fingerprint density at radius 1 is 1.24 bits per heavy atom. The molecule has 0 aliphatic rings. The summed E-state index contributed by atoms with van der Waals surface area (Å²) < 4.78 is 1.71. The van der Waals surface area contributed by atoms with E-state index in [1.165, 1.54) is 0 Å². The molecule has 1 aromatic carbocycles. The largest absolute Gasteiger partial charge is 0.481 e. The smallest absolute Gasteiger partial charge is 0.319 e. The third-order valence-electron chi connectivity index (χ3n) is 3.77. The lowest BCUT2D eigenvalue weighted by atomic mass is 9.99. The van der Waals surface area contributed by atoms with Crippen LogP contribution in [0.3, 0.4) is 0 Å². The van der Waals surface area contributed by atoms with Crippen molar-refractivity contribution in [3.8, 4) is 5.69 Å². The number of aliphatic carboxylic acids is 1. The number of nitrogens with zero attached hydrogens (tertiary/aromatic N) is 2. The van der Waals surface area contributed by atoms with Crippen LogP contribution in [-0.2, 0) is 4.79 Å². The number of carbonyl (C=O) groups is 2. The minimum atomic E-state index is -0.884. The Kier molecular flexibility index (Phi) is 5.46. The Labute approximate surface area is 147 Å². The summed E-state index contributed by atoms with van der Waals surface area (Å²) in [6.45, 7) is 7.48. The van der Waals surface area contributed by atoms with Crippen LogP contribution in [0.2, 0.25) is 0 Å². The number of aryl methyl sites for hydroxylation is 2. The van der Waals surface area contributed by atoms with Crippen molar-refractivity contribution in [3.05, 3.63) is 41.7 Å². The summed E-state index contributed by atoms with van der Waals surface area (Å²) in [5, 5.41) is 18.8. The lowest BCUT2D eigenvalue weighted by Crippen LogP contribution is -2.45.